The average molecular weight is 823 g/mol. The number of benzene rings is 8. The van der Waals surface area contributed by atoms with Crippen LogP contribution < -0.4 is 14.7 Å². The van der Waals surface area contributed by atoms with E-state index >= 15 is 0 Å². The van der Waals surface area contributed by atoms with Crippen LogP contribution in [0.3, 0.4) is 0 Å². The smallest absolute Gasteiger partial charge is 0.0770 e. The number of rotatable bonds is 3. The number of fused-ring (bicyclic) bond motifs is 13. The van der Waals surface area contributed by atoms with Gasteiger partial charge in [0.25, 0.3) is 0 Å². The van der Waals surface area contributed by atoms with E-state index in [1.807, 2.05) is 6.20 Å². The van der Waals surface area contributed by atoms with Crippen LogP contribution in [0, 0.1) is 0 Å². The van der Waals surface area contributed by atoms with Crippen LogP contribution in [0.25, 0.3) is 11.1 Å². The minimum atomic E-state index is -0.718. The number of nitrogens with zero attached hydrogens (tertiary/aromatic N) is 4. The number of hydrogen-bond acceptors (Lipinski definition) is 4. The second kappa shape index (κ2) is 13.2. The molecular weight excluding hydrogens is 777 g/mol. The summed E-state index contributed by atoms with van der Waals surface area (Å²) in [6.45, 7) is 9.43. The molecule has 0 saturated heterocycles. The molecule has 3 aliphatic heterocycles. The molecule has 0 radical (unpaired) electrons. The first-order chi connectivity index (χ1) is 31.3. The Morgan fingerprint density at radius 2 is 0.688 bits per heavy atom. The zero-order valence-electron chi connectivity index (χ0n) is 36.4. The Morgan fingerprint density at radius 3 is 1.17 bits per heavy atom. The third-order valence-electron chi connectivity index (χ3n) is 14.9. The first-order valence-electron chi connectivity index (χ1n) is 22.5. The van der Waals surface area contributed by atoms with Gasteiger partial charge in [0.2, 0.25) is 0 Å². The molecule has 9 aromatic rings. The summed E-state index contributed by atoms with van der Waals surface area (Å²) in [6, 6.07) is 72.4. The number of anilines is 9. The van der Waals surface area contributed by atoms with Crippen molar-refractivity contribution in [1.82, 2.24) is 4.98 Å². The molecule has 306 valence electrons. The molecule has 4 heterocycles. The van der Waals surface area contributed by atoms with E-state index in [1.54, 1.807) is 0 Å². The van der Waals surface area contributed by atoms with Gasteiger partial charge in [-0.25, -0.2) is 0 Å². The fourth-order valence-electron chi connectivity index (χ4n) is 12.0. The summed E-state index contributed by atoms with van der Waals surface area (Å²) in [7, 11) is 0. The van der Waals surface area contributed by atoms with E-state index in [4.69, 9.17) is 4.98 Å². The first kappa shape index (κ1) is 36.9. The standard InChI is InChI=1S/C60H46N4/c1-58(2)45-22-10-14-26-52(45)63(53-27-15-11-23-46(53)58)40-30-32-56-49(36-40)60(44-21-9-8-20-42(44)43-34-35-61-38-51(43)60)50-37-41(31-33-57(50)62(56)39-18-6-5-7-19-39)64-54-28-16-12-24-47(54)59(3,4)48-25-13-17-29-55(48)64/h5-38H,1-4H3. The molecule has 8 aromatic carbocycles. The highest BCUT2D eigenvalue weighted by Gasteiger charge is 2.53. The van der Waals surface area contributed by atoms with Crippen molar-refractivity contribution >= 4 is 51.2 Å². The summed E-state index contributed by atoms with van der Waals surface area (Å²) in [5.74, 6) is 0. The van der Waals surface area contributed by atoms with E-state index in [0.717, 1.165) is 28.4 Å². The van der Waals surface area contributed by atoms with Crippen LogP contribution in [0.5, 0.6) is 0 Å². The van der Waals surface area contributed by atoms with Gasteiger partial charge in [-0.15, -0.1) is 0 Å². The minimum absolute atomic E-state index is 0.172. The van der Waals surface area contributed by atoms with Crippen molar-refractivity contribution in [2.75, 3.05) is 14.7 Å². The fraction of sp³-hybridized carbons (Fsp3) is 0.117. The van der Waals surface area contributed by atoms with Gasteiger partial charge >= 0.3 is 0 Å². The summed E-state index contributed by atoms with van der Waals surface area (Å²) in [5, 5.41) is 0. The van der Waals surface area contributed by atoms with Crippen molar-refractivity contribution < 1.29 is 0 Å². The number of aromatic nitrogens is 1. The third-order valence-corrected chi connectivity index (χ3v) is 14.9. The molecule has 4 heteroatoms. The van der Waals surface area contributed by atoms with Crippen LogP contribution in [0.2, 0.25) is 0 Å². The molecule has 0 saturated carbocycles. The molecule has 4 aliphatic rings. The van der Waals surface area contributed by atoms with Crippen LogP contribution in [0.4, 0.5) is 51.2 Å². The van der Waals surface area contributed by atoms with E-state index in [0.29, 0.717) is 0 Å². The van der Waals surface area contributed by atoms with Crippen molar-refractivity contribution in [2.24, 2.45) is 0 Å². The molecular formula is C60H46N4. The maximum atomic E-state index is 4.95. The van der Waals surface area contributed by atoms with Crippen molar-refractivity contribution in [3.8, 4) is 11.1 Å². The van der Waals surface area contributed by atoms with Gasteiger partial charge in [0, 0.05) is 40.3 Å². The zero-order valence-corrected chi connectivity index (χ0v) is 36.4. The zero-order chi connectivity index (χ0) is 43.0. The quantitative estimate of drug-likeness (QED) is 0.177. The average Bonchev–Trinajstić information content (AvgIpc) is 3.63. The van der Waals surface area contributed by atoms with E-state index in [-0.39, 0.29) is 10.8 Å². The summed E-state index contributed by atoms with van der Waals surface area (Å²) < 4.78 is 0. The maximum absolute atomic E-state index is 4.95. The minimum Gasteiger partial charge on any atom is -0.310 e. The maximum Gasteiger partial charge on any atom is 0.0770 e. The third kappa shape index (κ3) is 4.75. The van der Waals surface area contributed by atoms with Crippen molar-refractivity contribution in [2.45, 2.75) is 43.9 Å². The van der Waals surface area contributed by atoms with Gasteiger partial charge in [0.15, 0.2) is 0 Å². The van der Waals surface area contributed by atoms with E-state index in [1.165, 1.54) is 78.4 Å². The topological polar surface area (TPSA) is 22.6 Å². The van der Waals surface area contributed by atoms with E-state index in [2.05, 4.69) is 243 Å². The van der Waals surface area contributed by atoms with Gasteiger partial charge in [0.1, 0.15) is 0 Å². The van der Waals surface area contributed by atoms with E-state index < -0.39 is 5.41 Å². The van der Waals surface area contributed by atoms with Gasteiger partial charge in [-0.05, 0) is 134 Å². The second-order valence-electron chi connectivity index (χ2n) is 18.8. The predicted molar refractivity (Wildman–Crippen MR) is 263 cm³/mol. The highest BCUT2D eigenvalue weighted by Crippen LogP contribution is 2.65. The molecule has 4 nitrogen and oxygen atoms in total. The molecule has 1 aliphatic carbocycles. The number of para-hydroxylation sites is 5. The number of pyridine rings is 1. The van der Waals surface area contributed by atoms with Crippen LogP contribution in [-0.4, -0.2) is 4.98 Å². The molecule has 1 spiro atoms. The summed E-state index contributed by atoms with van der Waals surface area (Å²) in [6.07, 6.45) is 4.09. The monoisotopic (exact) mass is 822 g/mol. The van der Waals surface area contributed by atoms with Crippen LogP contribution in [-0.2, 0) is 16.2 Å². The molecule has 0 unspecified atom stereocenters. The lowest BCUT2D eigenvalue weighted by molar-refractivity contribution is 0.632. The highest BCUT2D eigenvalue weighted by atomic mass is 15.2. The SMILES string of the molecule is CC1(C)c2ccccc2N(c2ccc3c(c2)C2(c4ccccc4-c4ccncc42)c2cc(N4c5ccccc5C(C)(C)c5ccccc54)ccc2N3c2ccccc2)c2ccccc21. The fourth-order valence-corrected chi connectivity index (χ4v) is 12.0. The Hall–Kier alpha value is -7.69. The van der Waals surface area contributed by atoms with Crippen molar-refractivity contribution in [3.05, 3.63) is 251 Å². The lowest BCUT2D eigenvalue weighted by Gasteiger charge is -2.47. The molecule has 64 heavy (non-hydrogen) atoms. The summed E-state index contributed by atoms with van der Waals surface area (Å²) in [4.78, 5) is 12.4. The Morgan fingerprint density at radius 1 is 0.312 bits per heavy atom. The predicted octanol–water partition coefficient (Wildman–Crippen LogP) is 15.4. The Labute approximate surface area is 375 Å². The molecule has 0 atom stereocenters. The Balaban J connectivity index is 1.15. The van der Waals surface area contributed by atoms with E-state index in [9.17, 15) is 0 Å². The second-order valence-corrected chi connectivity index (χ2v) is 18.8. The lowest BCUT2D eigenvalue weighted by atomic mass is 9.64. The van der Waals surface area contributed by atoms with Crippen LogP contribution in [0.15, 0.2) is 207 Å². The highest BCUT2D eigenvalue weighted by molar-refractivity contribution is 5.99. The molecule has 1 aromatic heterocycles. The van der Waals surface area contributed by atoms with Gasteiger partial charge in [0.05, 0.1) is 39.5 Å². The van der Waals surface area contributed by atoms with Gasteiger partial charge in [-0.3, -0.25) is 4.98 Å². The van der Waals surface area contributed by atoms with Crippen LogP contribution in [0.1, 0.15) is 72.2 Å². The summed E-state index contributed by atoms with van der Waals surface area (Å²) >= 11 is 0. The number of hydrogen-bond donors (Lipinski definition) is 0. The summed E-state index contributed by atoms with van der Waals surface area (Å²) in [5.41, 5.74) is 22.0. The Kier molecular flexibility index (Phi) is 7.60. The molecule has 0 amide bonds. The normalized spacial score (nSPS) is 16.1. The van der Waals surface area contributed by atoms with Gasteiger partial charge in [-0.2, -0.15) is 0 Å². The Bertz CT molecular complexity index is 3080. The van der Waals surface area contributed by atoms with Gasteiger partial charge < -0.3 is 14.7 Å². The molecule has 0 bridgehead atoms. The molecule has 13 rings (SSSR count). The van der Waals surface area contributed by atoms with Gasteiger partial charge in [-0.1, -0.05) is 143 Å². The molecule has 0 N–H and O–H groups in total. The first-order valence-corrected chi connectivity index (χ1v) is 22.5. The lowest BCUT2D eigenvalue weighted by Crippen LogP contribution is -2.37. The van der Waals surface area contributed by atoms with Crippen molar-refractivity contribution in [3.63, 3.8) is 0 Å². The van der Waals surface area contributed by atoms with Crippen LogP contribution >= 0.6 is 0 Å². The largest absolute Gasteiger partial charge is 0.310 e. The molecule has 0 fully saturated rings. The van der Waals surface area contributed by atoms with Crippen molar-refractivity contribution in [1.29, 1.82) is 0 Å².